The van der Waals surface area contributed by atoms with Gasteiger partial charge in [-0.05, 0) is 0 Å². The van der Waals surface area contributed by atoms with Crippen LogP contribution >= 0.6 is 0 Å². The van der Waals surface area contributed by atoms with Crippen LogP contribution in [0.15, 0.2) is 0 Å². The Morgan fingerprint density at radius 1 is 1.12 bits per heavy atom. The molecule has 0 amide bonds. The van der Waals surface area contributed by atoms with Crippen molar-refractivity contribution in [2.75, 3.05) is 19.6 Å². The zero-order valence-corrected chi connectivity index (χ0v) is 13.3. The standard InChI is InChI=1S/C13H28N2Se/c1-6-7-8-14-13(16)15(9-11(2)3)10-12(4)5/h11-12H,6-10H2,1-5H3,(H,14,16). The van der Waals surface area contributed by atoms with Crippen LogP contribution in [-0.2, 0) is 0 Å². The molecule has 0 rings (SSSR count). The number of rotatable bonds is 9. The van der Waals surface area contributed by atoms with Gasteiger partial charge in [-0.2, -0.15) is 0 Å². The first kappa shape index (κ1) is 16.0. The Bertz CT molecular complexity index is 180. The molecule has 0 radical (unpaired) electrons. The van der Waals surface area contributed by atoms with Crippen molar-refractivity contribution in [1.82, 2.24) is 10.2 Å². The fourth-order valence-corrected chi connectivity index (χ4v) is 2.13. The monoisotopic (exact) mass is 292 g/mol. The van der Waals surface area contributed by atoms with Crippen LogP contribution in [0.25, 0.3) is 0 Å². The molecule has 0 bridgehead atoms. The molecular formula is C13H28N2Se. The molecule has 0 spiro atoms. The second kappa shape index (κ2) is 9.06. The number of nitrogens with zero attached hydrogens (tertiary/aromatic N) is 1. The molecule has 0 heterocycles. The van der Waals surface area contributed by atoms with Gasteiger partial charge in [-0.3, -0.25) is 0 Å². The van der Waals surface area contributed by atoms with E-state index in [0.29, 0.717) is 11.8 Å². The number of nitrogens with one attached hydrogen (secondary N) is 1. The first-order chi connectivity index (χ1) is 7.47. The van der Waals surface area contributed by atoms with Crippen molar-refractivity contribution >= 4 is 20.2 Å². The Kier molecular flexibility index (Phi) is 9.06. The van der Waals surface area contributed by atoms with Crippen molar-refractivity contribution in [2.45, 2.75) is 47.5 Å². The molecule has 0 unspecified atom stereocenters. The third-order valence-corrected chi connectivity index (χ3v) is 3.11. The molecule has 0 atom stereocenters. The first-order valence-electron chi connectivity index (χ1n) is 6.50. The molecular weight excluding hydrogens is 263 g/mol. The Balaban J connectivity index is 4.10. The molecule has 0 aromatic heterocycles. The third kappa shape index (κ3) is 8.18. The molecule has 96 valence electrons. The van der Waals surface area contributed by atoms with E-state index < -0.39 is 0 Å². The van der Waals surface area contributed by atoms with Gasteiger partial charge in [0.1, 0.15) is 0 Å². The van der Waals surface area contributed by atoms with Gasteiger partial charge in [-0.15, -0.1) is 0 Å². The van der Waals surface area contributed by atoms with Crippen molar-refractivity contribution in [3.05, 3.63) is 0 Å². The number of hydrogen-bond acceptors (Lipinski definition) is 2. The van der Waals surface area contributed by atoms with Gasteiger partial charge in [0.05, 0.1) is 0 Å². The molecule has 0 aliphatic carbocycles. The summed E-state index contributed by atoms with van der Waals surface area (Å²) in [5.41, 5.74) is 0. The van der Waals surface area contributed by atoms with Gasteiger partial charge in [0.15, 0.2) is 0 Å². The van der Waals surface area contributed by atoms with E-state index in [-0.39, 0.29) is 0 Å². The summed E-state index contributed by atoms with van der Waals surface area (Å²) in [4.78, 5) is 2.44. The maximum atomic E-state index is 3.48. The summed E-state index contributed by atoms with van der Waals surface area (Å²) in [7, 11) is 0. The molecule has 0 aromatic rings. The fraction of sp³-hybridized carbons (Fsp3) is 0.923. The molecule has 0 aliphatic rings. The van der Waals surface area contributed by atoms with Crippen LogP contribution in [0.3, 0.4) is 0 Å². The van der Waals surface area contributed by atoms with E-state index in [9.17, 15) is 0 Å². The van der Waals surface area contributed by atoms with Crippen molar-refractivity contribution in [3.63, 3.8) is 0 Å². The molecule has 3 heteroatoms. The molecule has 0 aliphatic heterocycles. The van der Waals surface area contributed by atoms with E-state index in [1.807, 2.05) is 0 Å². The van der Waals surface area contributed by atoms with Gasteiger partial charge in [-0.1, -0.05) is 0 Å². The van der Waals surface area contributed by atoms with Crippen LogP contribution in [-0.4, -0.2) is 44.8 Å². The second-order valence-electron chi connectivity index (χ2n) is 5.28. The van der Waals surface area contributed by atoms with E-state index in [2.05, 4.69) is 60.4 Å². The summed E-state index contributed by atoms with van der Waals surface area (Å²) in [6.07, 6.45) is 2.48. The Morgan fingerprint density at radius 2 is 1.62 bits per heavy atom. The molecule has 2 nitrogen and oxygen atoms in total. The van der Waals surface area contributed by atoms with E-state index in [0.717, 1.165) is 19.6 Å². The van der Waals surface area contributed by atoms with Gasteiger partial charge in [0.2, 0.25) is 0 Å². The zero-order chi connectivity index (χ0) is 12.6. The Morgan fingerprint density at radius 3 is 2.00 bits per heavy atom. The van der Waals surface area contributed by atoms with E-state index in [4.69, 9.17) is 0 Å². The number of unbranched alkanes of at least 4 members (excludes halogenated alkanes) is 1. The zero-order valence-electron chi connectivity index (χ0n) is 11.5. The van der Waals surface area contributed by atoms with Crippen LogP contribution in [0.2, 0.25) is 0 Å². The van der Waals surface area contributed by atoms with Crippen LogP contribution in [0.4, 0.5) is 0 Å². The Hall–Kier alpha value is -0.0105. The van der Waals surface area contributed by atoms with Crippen molar-refractivity contribution in [1.29, 1.82) is 0 Å². The average Bonchev–Trinajstić information content (AvgIpc) is 2.15. The third-order valence-electron chi connectivity index (χ3n) is 2.26. The summed E-state index contributed by atoms with van der Waals surface area (Å²) < 4.78 is 1.22. The molecule has 16 heavy (non-hydrogen) atoms. The van der Waals surface area contributed by atoms with Crippen LogP contribution in [0, 0.1) is 11.8 Å². The summed E-state index contributed by atoms with van der Waals surface area (Å²) in [6, 6.07) is 0. The predicted molar refractivity (Wildman–Crippen MR) is 74.9 cm³/mol. The predicted octanol–water partition coefficient (Wildman–Crippen LogP) is 2.25. The SMILES string of the molecule is CCCCNC(=[Se])N(CC(C)C)CC(C)C. The fourth-order valence-electron chi connectivity index (χ4n) is 1.61. The van der Waals surface area contributed by atoms with Crippen LogP contribution < -0.4 is 5.32 Å². The van der Waals surface area contributed by atoms with Crippen LogP contribution in [0.5, 0.6) is 0 Å². The second-order valence-corrected chi connectivity index (χ2v) is 6.09. The van der Waals surface area contributed by atoms with Crippen LogP contribution in [0.1, 0.15) is 47.5 Å². The minimum atomic E-state index is 0.704. The van der Waals surface area contributed by atoms with Gasteiger partial charge < -0.3 is 0 Å². The summed E-state index contributed by atoms with van der Waals surface area (Å²) in [5.74, 6) is 1.41. The summed E-state index contributed by atoms with van der Waals surface area (Å²) >= 11 is 3.18. The Labute approximate surface area is 110 Å². The normalized spacial score (nSPS) is 10.9. The first-order valence-corrected chi connectivity index (χ1v) is 7.35. The van der Waals surface area contributed by atoms with Crippen molar-refractivity contribution in [3.8, 4) is 0 Å². The molecule has 0 aromatic carbocycles. The van der Waals surface area contributed by atoms with Gasteiger partial charge in [-0.25, -0.2) is 0 Å². The van der Waals surface area contributed by atoms with E-state index in [1.165, 1.54) is 17.5 Å². The molecule has 0 saturated carbocycles. The summed E-state index contributed by atoms with van der Waals surface area (Å²) in [5, 5.41) is 3.48. The molecule has 0 fully saturated rings. The van der Waals surface area contributed by atoms with E-state index in [1.54, 1.807) is 0 Å². The quantitative estimate of drug-likeness (QED) is 0.518. The number of hydrogen-bond donors (Lipinski definition) is 1. The van der Waals surface area contributed by atoms with Gasteiger partial charge in [0, 0.05) is 0 Å². The van der Waals surface area contributed by atoms with E-state index >= 15 is 0 Å². The van der Waals surface area contributed by atoms with Crippen molar-refractivity contribution < 1.29 is 0 Å². The molecule has 0 saturated heterocycles. The summed E-state index contributed by atoms with van der Waals surface area (Å²) in [6.45, 7) is 14.6. The maximum absolute atomic E-state index is 3.48. The average molecular weight is 291 g/mol. The van der Waals surface area contributed by atoms with Gasteiger partial charge in [0.25, 0.3) is 0 Å². The topological polar surface area (TPSA) is 15.3 Å². The van der Waals surface area contributed by atoms with Crippen molar-refractivity contribution in [2.24, 2.45) is 11.8 Å². The minimum absolute atomic E-state index is 0.704. The van der Waals surface area contributed by atoms with Gasteiger partial charge >= 0.3 is 109 Å². The molecule has 1 N–H and O–H groups in total.